The van der Waals surface area contributed by atoms with Gasteiger partial charge in [0.15, 0.2) is 0 Å². The molecule has 8 heteroatoms. The molecule has 0 radical (unpaired) electrons. The van der Waals surface area contributed by atoms with E-state index in [0.29, 0.717) is 6.04 Å². The van der Waals surface area contributed by atoms with Gasteiger partial charge in [-0.3, -0.25) is 0 Å². The summed E-state index contributed by atoms with van der Waals surface area (Å²) in [7, 11) is 0. The maximum absolute atomic E-state index is 10.8. The lowest BCUT2D eigenvalue weighted by Crippen LogP contribution is -2.31. The summed E-state index contributed by atoms with van der Waals surface area (Å²) in [5.74, 6) is 0.998. The van der Waals surface area contributed by atoms with Gasteiger partial charge in [0.05, 0.1) is 17.3 Å². The molecule has 2 aliphatic rings. The maximum Gasteiger partial charge on any atom is 0.144 e. The van der Waals surface area contributed by atoms with E-state index in [1.165, 1.54) is 11.1 Å². The number of anilines is 1. The van der Waals surface area contributed by atoms with E-state index in [4.69, 9.17) is 4.98 Å². The Kier molecular flexibility index (Phi) is 5.05. The Morgan fingerprint density at radius 3 is 2.91 bits per heavy atom. The molecule has 5 atom stereocenters. The van der Waals surface area contributed by atoms with Crippen LogP contribution in [0.2, 0.25) is 0 Å². The molecule has 1 aromatic carbocycles. The second-order valence-electron chi connectivity index (χ2n) is 9.28. The van der Waals surface area contributed by atoms with Gasteiger partial charge in [-0.2, -0.15) is 0 Å². The van der Waals surface area contributed by atoms with Gasteiger partial charge in [0.1, 0.15) is 29.3 Å². The van der Waals surface area contributed by atoms with Crippen LogP contribution in [0.4, 0.5) is 5.82 Å². The molecule has 2 aliphatic heterocycles. The van der Waals surface area contributed by atoms with Gasteiger partial charge in [-0.15, -0.1) is 11.8 Å². The standard InChI is InChI=1S/C25H27N5O2S/c1-13-9-17-11-16-5-3-15(10-19(16)29-23(17)28-13)4-6-20-21(31)22(32)25(33-20)30-8-7-18-14(2)26-12-27-24(18)30/h3,5,7-8,10-13,20-22,25,31-32H,4,6,9H2,1-2H3,(H,28,29)/t13-,20-,21+,22+,25?/m0/s1. The average Bonchev–Trinajstić information content (AvgIpc) is 3.46. The van der Waals surface area contributed by atoms with Gasteiger partial charge in [-0.1, -0.05) is 12.1 Å². The van der Waals surface area contributed by atoms with Crippen molar-refractivity contribution in [3.63, 3.8) is 0 Å². The van der Waals surface area contributed by atoms with Crippen molar-refractivity contribution in [2.45, 2.75) is 62.0 Å². The molecule has 0 spiro atoms. The molecule has 0 aliphatic carbocycles. The molecule has 5 heterocycles. The number of hydrogen-bond donors (Lipinski definition) is 3. The van der Waals surface area contributed by atoms with Crippen molar-refractivity contribution in [3.05, 3.63) is 59.7 Å². The molecule has 7 nitrogen and oxygen atoms in total. The fourth-order valence-electron chi connectivity index (χ4n) is 5.12. The molecule has 0 saturated carbocycles. The van der Waals surface area contributed by atoms with Crippen LogP contribution in [0.1, 0.15) is 35.5 Å². The summed E-state index contributed by atoms with van der Waals surface area (Å²) in [6, 6.07) is 11.1. The number of aryl methyl sites for hydroxylation is 2. The lowest BCUT2D eigenvalue weighted by atomic mass is 10.0. The summed E-state index contributed by atoms with van der Waals surface area (Å²) in [5, 5.41) is 26.9. The number of thioether (sulfide) groups is 1. The SMILES string of the molecule is Cc1ncnc2c1ccn2C1S[C@@H](CCc2ccc3cc4c(nc3c2)N[C@@H](C)C4)[C@@H](O)[C@H]1O. The first-order valence-corrected chi connectivity index (χ1v) is 12.4. The third-order valence-corrected chi connectivity index (χ3v) is 8.56. The van der Waals surface area contributed by atoms with Crippen LogP contribution in [0.25, 0.3) is 21.9 Å². The first-order chi connectivity index (χ1) is 16.0. The largest absolute Gasteiger partial charge is 0.389 e. The highest BCUT2D eigenvalue weighted by atomic mass is 32.2. The van der Waals surface area contributed by atoms with Crippen molar-refractivity contribution in [2.75, 3.05) is 5.32 Å². The number of nitrogens with zero attached hydrogens (tertiary/aromatic N) is 4. The van der Waals surface area contributed by atoms with Crippen LogP contribution in [-0.2, 0) is 12.8 Å². The monoisotopic (exact) mass is 461 g/mol. The van der Waals surface area contributed by atoms with Gasteiger partial charge in [0.2, 0.25) is 0 Å². The Morgan fingerprint density at radius 2 is 2.03 bits per heavy atom. The van der Waals surface area contributed by atoms with Gasteiger partial charge in [-0.25, -0.2) is 15.0 Å². The molecule has 6 rings (SSSR count). The molecule has 1 unspecified atom stereocenters. The van der Waals surface area contributed by atoms with Crippen LogP contribution in [0, 0.1) is 6.92 Å². The number of aliphatic hydroxyl groups excluding tert-OH is 2. The van der Waals surface area contributed by atoms with E-state index in [9.17, 15) is 10.2 Å². The van der Waals surface area contributed by atoms with Crippen LogP contribution in [0.3, 0.4) is 0 Å². The fourth-order valence-corrected chi connectivity index (χ4v) is 6.67. The summed E-state index contributed by atoms with van der Waals surface area (Å²) in [5.41, 5.74) is 5.18. The summed E-state index contributed by atoms with van der Waals surface area (Å²) in [4.78, 5) is 13.5. The molecule has 3 aromatic heterocycles. The fraction of sp³-hybridized carbons (Fsp3) is 0.400. The summed E-state index contributed by atoms with van der Waals surface area (Å²) >= 11 is 1.62. The summed E-state index contributed by atoms with van der Waals surface area (Å²) in [6.45, 7) is 4.13. The number of aromatic nitrogens is 4. The Bertz CT molecular complexity index is 1360. The van der Waals surface area contributed by atoms with Crippen LogP contribution in [0.5, 0.6) is 0 Å². The highest BCUT2D eigenvalue weighted by Crippen LogP contribution is 2.45. The highest BCUT2D eigenvalue weighted by Gasteiger charge is 2.43. The lowest BCUT2D eigenvalue weighted by molar-refractivity contribution is 0.0176. The van der Waals surface area contributed by atoms with E-state index in [-0.39, 0.29) is 10.6 Å². The minimum absolute atomic E-state index is 0.0587. The molecule has 170 valence electrons. The second-order valence-corrected chi connectivity index (χ2v) is 10.6. The van der Waals surface area contributed by atoms with Crippen molar-refractivity contribution in [2.24, 2.45) is 0 Å². The molecule has 4 aromatic rings. The van der Waals surface area contributed by atoms with Gasteiger partial charge in [0.25, 0.3) is 0 Å². The number of aliphatic hydroxyl groups is 2. The van der Waals surface area contributed by atoms with E-state index in [0.717, 1.165) is 52.7 Å². The van der Waals surface area contributed by atoms with Crippen molar-refractivity contribution in [3.8, 4) is 0 Å². The molecule has 0 bridgehead atoms. The van der Waals surface area contributed by atoms with Crippen molar-refractivity contribution in [1.29, 1.82) is 0 Å². The predicted molar refractivity (Wildman–Crippen MR) is 132 cm³/mol. The molecular weight excluding hydrogens is 434 g/mol. The number of fused-ring (bicyclic) bond motifs is 3. The van der Waals surface area contributed by atoms with Crippen LogP contribution < -0.4 is 5.32 Å². The topological polar surface area (TPSA) is 96.1 Å². The molecule has 3 N–H and O–H groups in total. The predicted octanol–water partition coefficient (Wildman–Crippen LogP) is 3.61. The summed E-state index contributed by atoms with van der Waals surface area (Å²) < 4.78 is 1.97. The molecule has 0 amide bonds. The zero-order chi connectivity index (χ0) is 22.7. The van der Waals surface area contributed by atoms with E-state index in [2.05, 4.69) is 46.5 Å². The number of benzene rings is 1. The quantitative estimate of drug-likeness (QED) is 0.427. The number of hydrogen-bond acceptors (Lipinski definition) is 7. The van der Waals surface area contributed by atoms with E-state index >= 15 is 0 Å². The second kappa shape index (κ2) is 7.97. The van der Waals surface area contributed by atoms with Crippen LogP contribution in [-0.4, -0.2) is 53.2 Å². The van der Waals surface area contributed by atoms with E-state index in [1.807, 2.05) is 23.8 Å². The smallest absolute Gasteiger partial charge is 0.144 e. The third-order valence-electron chi connectivity index (χ3n) is 6.91. The first kappa shape index (κ1) is 20.9. The molecule has 1 saturated heterocycles. The van der Waals surface area contributed by atoms with Gasteiger partial charge >= 0.3 is 0 Å². The molecule has 33 heavy (non-hydrogen) atoms. The normalized spacial score (nSPS) is 26.7. The molecular formula is C25H27N5O2S. The Labute approximate surface area is 196 Å². The number of nitrogens with one attached hydrogen (secondary N) is 1. The van der Waals surface area contributed by atoms with Crippen molar-refractivity contribution < 1.29 is 10.2 Å². The van der Waals surface area contributed by atoms with Gasteiger partial charge in [0, 0.05) is 28.3 Å². The lowest BCUT2D eigenvalue weighted by Gasteiger charge is -2.17. The Morgan fingerprint density at radius 1 is 1.15 bits per heavy atom. The van der Waals surface area contributed by atoms with Crippen LogP contribution >= 0.6 is 11.8 Å². The van der Waals surface area contributed by atoms with Crippen molar-refractivity contribution in [1.82, 2.24) is 19.5 Å². The number of pyridine rings is 1. The zero-order valence-corrected chi connectivity index (χ0v) is 19.5. The maximum atomic E-state index is 10.8. The van der Waals surface area contributed by atoms with Crippen molar-refractivity contribution >= 4 is 39.5 Å². The first-order valence-electron chi connectivity index (χ1n) is 11.5. The van der Waals surface area contributed by atoms with E-state index in [1.54, 1.807) is 18.1 Å². The van der Waals surface area contributed by atoms with E-state index < -0.39 is 12.2 Å². The third kappa shape index (κ3) is 3.57. The van der Waals surface area contributed by atoms with Crippen LogP contribution in [0.15, 0.2) is 42.9 Å². The van der Waals surface area contributed by atoms with Gasteiger partial charge < -0.3 is 20.1 Å². The minimum Gasteiger partial charge on any atom is -0.389 e. The number of rotatable bonds is 4. The zero-order valence-electron chi connectivity index (χ0n) is 18.6. The molecule has 1 fully saturated rings. The highest BCUT2D eigenvalue weighted by molar-refractivity contribution is 8.00. The minimum atomic E-state index is -0.847. The van der Waals surface area contributed by atoms with Gasteiger partial charge in [-0.05, 0) is 62.4 Å². The summed E-state index contributed by atoms with van der Waals surface area (Å²) in [6.07, 6.45) is 4.46. The Balaban J connectivity index is 1.19. The Hall–Kier alpha value is -2.68. The average molecular weight is 462 g/mol.